The Bertz CT molecular complexity index is 815. The van der Waals surface area contributed by atoms with E-state index in [1.807, 2.05) is 24.3 Å². The number of Topliss-reactive ketones (excluding diaryl/α,β-unsaturated/α-hetero) is 1. The fourth-order valence-corrected chi connectivity index (χ4v) is 3.85. The first-order valence-corrected chi connectivity index (χ1v) is 9.76. The number of amidine groups is 1. The average Bonchev–Trinajstić information content (AvgIpc) is 2.68. The number of methoxy groups -OCH3 is 1. The van der Waals surface area contributed by atoms with Crippen molar-refractivity contribution in [3.63, 3.8) is 0 Å². The van der Waals surface area contributed by atoms with Crippen molar-refractivity contribution >= 4 is 28.4 Å². The minimum atomic E-state index is 0.0717. The van der Waals surface area contributed by atoms with Crippen molar-refractivity contribution in [1.29, 1.82) is 0 Å². The van der Waals surface area contributed by atoms with E-state index in [4.69, 9.17) is 4.74 Å². The molecular formula is C21H24N2O2S. The van der Waals surface area contributed by atoms with E-state index in [-0.39, 0.29) is 12.3 Å². The molecule has 1 heterocycles. The maximum absolute atomic E-state index is 12.9. The number of carbonyl (C=O) groups is 1. The van der Waals surface area contributed by atoms with Gasteiger partial charge in [-0.05, 0) is 61.7 Å². The quantitative estimate of drug-likeness (QED) is 0.729. The predicted octanol–water partition coefficient (Wildman–Crippen LogP) is 4.49. The molecule has 26 heavy (non-hydrogen) atoms. The fourth-order valence-electron chi connectivity index (χ4n) is 2.89. The van der Waals surface area contributed by atoms with Crippen LogP contribution >= 0.6 is 11.8 Å². The molecule has 0 fully saturated rings. The second-order valence-corrected chi connectivity index (χ2v) is 7.46. The molecule has 0 amide bonds. The van der Waals surface area contributed by atoms with Gasteiger partial charge in [0.1, 0.15) is 5.75 Å². The zero-order valence-electron chi connectivity index (χ0n) is 15.5. The summed E-state index contributed by atoms with van der Waals surface area (Å²) in [4.78, 5) is 19.7. The summed E-state index contributed by atoms with van der Waals surface area (Å²) in [5.74, 6) is 1.86. The Balaban J connectivity index is 1.91. The standard InChI is InChI=1S/C21H24N2O2S/c1-15-5-6-16(2)19(13-15)23(21-22-11-4-12-26-21)14-20(24)17-7-9-18(25-3)10-8-17/h5-10,13H,4,11-12,14H2,1-3H3. The number of rotatable bonds is 5. The number of ether oxygens (including phenoxy) is 1. The molecule has 0 radical (unpaired) electrons. The van der Waals surface area contributed by atoms with E-state index in [1.165, 1.54) is 5.56 Å². The van der Waals surface area contributed by atoms with Crippen LogP contribution in [0.3, 0.4) is 0 Å². The van der Waals surface area contributed by atoms with Gasteiger partial charge in [-0.15, -0.1) is 0 Å². The van der Waals surface area contributed by atoms with Gasteiger partial charge in [-0.1, -0.05) is 23.9 Å². The number of benzene rings is 2. The highest BCUT2D eigenvalue weighted by atomic mass is 32.2. The summed E-state index contributed by atoms with van der Waals surface area (Å²) in [6.07, 6.45) is 1.08. The second-order valence-electron chi connectivity index (χ2n) is 6.39. The maximum atomic E-state index is 12.9. The Morgan fingerprint density at radius 1 is 1.19 bits per heavy atom. The van der Waals surface area contributed by atoms with Crippen molar-refractivity contribution in [2.45, 2.75) is 20.3 Å². The molecule has 0 aromatic heterocycles. The zero-order valence-corrected chi connectivity index (χ0v) is 16.3. The first-order valence-electron chi connectivity index (χ1n) is 8.78. The first-order chi connectivity index (χ1) is 12.6. The molecule has 136 valence electrons. The second kappa shape index (κ2) is 8.41. The minimum Gasteiger partial charge on any atom is -0.497 e. The predicted molar refractivity (Wildman–Crippen MR) is 110 cm³/mol. The summed E-state index contributed by atoms with van der Waals surface area (Å²) in [6.45, 7) is 5.25. The summed E-state index contributed by atoms with van der Waals surface area (Å²) in [7, 11) is 1.62. The van der Waals surface area contributed by atoms with Crippen LogP contribution in [0.15, 0.2) is 47.5 Å². The van der Waals surface area contributed by atoms with Crippen LogP contribution in [0.1, 0.15) is 27.9 Å². The lowest BCUT2D eigenvalue weighted by Gasteiger charge is -2.28. The monoisotopic (exact) mass is 368 g/mol. The van der Waals surface area contributed by atoms with E-state index in [0.717, 1.165) is 40.9 Å². The van der Waals surface area contributed by atoms with Gasteiger partial charge < -0.3 is 9.64 Å². The van der Waals surface area contributed by atoms with Gasteiger partial charge >= 0.3 is 0 Å². The highest BCUT2D eigenvalue weighted by Crippen LogP contribution is 2.27. The summed E-state index contributed by atoms with van der Waals surface area (Å²) in [5.41, 5.74) is 4.06. The lowest BCUT2D eigenvalue weighted by molar-refractivity contribution is 0.100. The van der Waals surface area contributed by atoms with Gasteiger partial charge in [0.2, 0.25) is 0 Å². The fraction of sp³-hybridized carbons (Fsp3) is 0.333. The molecule has 5 heteroatoms. The maximum Gasteiger partial charge on any atom is 0.182 e. The molecule has 0 aliphatic carbocycles. The molecule has 0 unspecified atom stereocenters. The van der Waals surface area contributed by atoms with E-state index in [9.17, 15) is 4.79 Å². The number of aliphatic imine (C=N–C) groups is 1. The van der Waals surface area contributed by atoms with Gasteiger partial charge in [0, 0.05) is 23.5 Å². The third-order valence-electron chi connectivity index (χ3n) is 4.38. The lowest BCUT2D eigenvalue weighted by atomic mass is 10.1. The van der Waals surface area contributed by atoms with Crippen molar-refractivity contribution in [3.05, 3.63) is 59.2 Å². The third kappa shape index (κ3) is 4.28. The van der Waals surface area contributed by atoms with Gasteiger partial charge in [0.25, 0.3) is 0 Å². The van der Waals surface area contributed by atoms with Crippen LogP contribution < -0.4 is 9.64 Å². The van der Waals surface area contributed by atoms with Gasteiger partial charge in [0.15, 0.2) is 11.0 Å². The topological polar surface area (TPSA) is 41.9 Å². The summed E-state index contributed by atoms with van der Waals surface area (Å²) in [5, 5.41) is 0.937. The van der Waals surface area contributed by atoms with E-state index in [1.54, 1.807) is 18.9 Å². The van der Waals surface area contributed by atoms with Crippen LogP contribution in [0.4, 0.5) is 5.69 Å². The van der Waals surface area contributed by atoms with Crippen molar-refractivity contribution in [1.82, 2.24) is 0 Å². The number of aryl methyl sites for hydroxylation is 2. The Kier molecular flexibility index (Phi) is 5.99. The number of carbonyl (C=O) groups excluding carboxylic acids is 1. The van der Waals surface area contributed by atoms with Gasteiger partial charge in [-0.3, -0.25) is 9.79 Å². The molecule has 1 aliphatic rings. The van der Waals surface area contributed by atoms with Crippen LogP contribution in [0.25, 0.3) is 0 Å². The molecule has 1 aliphatic heterocycles. The van der Waals surface area contributed by atoms with Crippen LogP contribution in [0.5, 0.6) is 5.75 Å². The van der Waals surface area contributed by atoms with E-state index in [2.05, 4.69) is 41.9 Å². The number of nitrogens with zero attached hydrogens (tertiary/aromatic N) is 2. The number of thioether (sulfide) groups is 1. The van der Waals surface area contributed by atoms with Crippen molar-refractivity contribution < 1.29 is 9.53 Å². The van der Waals surface area contributed by atoms with Gasteiger partial charge in [-0.25, -0.2) is 0 Å². The molecule has 0 bridgehead atoms. The molecule has 4 nitrogen and oxygen atoms in total. The normalized spacial score (nSPS) is 13.9. The van der Waals surface area contributed by atoms with Gasteiger partial charge in [-0.2, -0.15) is 0 Å². The summed E-state index contributed by atoms with van der Waals surface area (Å²) < 4.78 is 5.18. The van der Waals surface area contributed by atoms with Crippen LogP contribution in [-0.2, 0) is 0 Å². The number of ketones is 1. The SMILES string of the molecule is COc1ccc(C(=O)CN(C2=NCCCS2)c2cc(C)ccc2C)cc1. The molecule has 0 atom stereocenters. The summed E-state index contributed by atoms with van der Waals surface area (Å²) in [6, 6.07) is 13.6. The summed E-state index contributed by atoms with van der Waals surface area (Å²) >= 11 is 1.73. The first kappa shape index (κ1) is 18.5. The Labute approximate surface area is 159 Å². The Morgan fingerprint density at radius 2 is 1.96 bits per heavy atom. The highest BCUT2D eigenvalue weighted by molar-refractivity contribution is 8.14. The number of anilines is 1. The Morgan fingerprint density at radius 3 is 2.62 bits per heavy atom. The molecule has 0 spiro atoms. The van der Waals surface area contributed by atoms with Crippen LogP contribution in [0.2, 0.25) is 0 Å². The zero-order chi connectivity index (χ0) is 18.5. The minimum absolute atomic E-state index is 0.0717. The van der Waals surface area contributed by atoms with Crippen molar-refractivity contribution in [2.24, 2.45) is 4.99 Å². The number of hydrogen-bond acceptors (Lipinski definition) is 5. The van der Waals surface area contributed by atoms with E-state index < -0.39 is 0 Å². The van der Waals surface area contributed by atoms with Crippen LogP contribution in [0, 0.1) is 13.8 Å². The van der Waals surface area contributed by atoms with Gasteiger partial charge in [0.05, 0.1) is 13.7 Å². The van der Waals surface area contributed by atoms with Crippen LogP contribution in [-0.4, -0.2) is 36.9 Å². The van der Waals surface area contributed by atoms with Crippen molar-refractivity contribution in [2.75, 3.05) is 30.9 Å². The average molecular weight is 369 g/mol. The molecule has 3 rings (SSSR count). The van der Waals surface area contributed by atoms with E-state index >= 15 is 0 Å². The lowest BCUT2D eigenvalue weighted by Crippen LogP contribution is -2.36. The largest absolute Gasteiger partial charge is 0.497 e. The van der Waals surface area contributed by atoms with Crippen molar-refractivity contribution in [3.8, 4) is 5.75 Å². The molecule has 0 saturated carbocycles. The molecule has 0 N–H and O–H groups in total. The molecule has 2 aromatic carbocycles. The number of hydrogen-bond donors (Lipinski definition) is 0. The highest BCUT2D eigenvalue weighted by Gasteiger charge is 2.22. The third-order valence-corrected chi connectivity index (χ3v) is 5.48. The molecular weight excluding hydrogens is 344 g/mol. The molecule has 2 aromatic rings. The molecule has 0 saturated heterocycles. The Hall–Kier alpha value is -2.27. The smallest absolute Gasteiger partial charge is 0.182 e. The van der Waals surface area contributed by atoms with E-state index in [0.29, 0.717) is 5.56 Å².